The molecule has 3 N–H and O–H groups in total. The number of halogens is 2. The van der Waals surface area contributed by atoms with Gasteiger partial charge in [0.25, 0.3) is 5.91 Å². The first-order valence-corrected chi connectivity index (χ1v) is 5.88. The van der Waals surface area contributed by atoms with Crippen LogP contribution in [0.3, 0.4) is 0 Å². The summed E-state index contributed by atoms with van der Waals surface area (Å²) in [6, 6.07) is 4.57. The summed E-state index contributed by atoms with van der Waals surface area (Å²) in [5.41, 5.74) is 0.0665. The average molecular weight is 305 g/mol. The van der Waals surface area contributed by atoms with Crippen LogP contribution >= 0.6 is 23.2 Å². The van der Waals surface area contributed by atoms with Gasteiger partial charge in [-0.3, -0.25) is 14.4 Å². The molecule has 0 aliphatic heterocycles. The molecule has 0 aliphatic rings. The summed E-state index contributed by atoms with van der Waals surface area (Å²) in [6.45, 7) is -0.880. The molecule has 1 aromatic rings. The molecule has 1 aromatic carbocycles. The zero-order valence-corrected chi connectivity index (χ0v) is 11.1. The third-order valence-electron chi connectivity index (χ3n) is 2.04. The molecule has 0 saturated carbocycles. The second kappa shape index (κ2) is 6.96. The van der Waals surface area contributed by atoms with Crippen molar-refractivity contribution in [1.82, 2.24) is 10.6 Å². The number of carboxylic acid groups (broad SMARTS) is 1. The van der Waals surface area contributed by atoms with Gasteiger partial charge in [-0.25, -0.2) is 0 Å². The number of hydrogen-bond donors (Lipinski definition) is 3. The van der Waals surface area contributed by atoms with E-state index in [-0.39, 0.29) is 22.2 Å². The van der Waals surface area contributed by atoms with Crippen molar-refractivity contribution in [3.63, 3.8) is 0 Å². The summed E-state index contributed by atoms with van der Waals surface area (Å²) >= 11 is 11.6. The van der Waals surface area contributed by atoms with Gasteiger partial charge in [0.1, 0.15) is 6.54 Å². The fourth-order valence-electron chi connectivity index (χ4n) is 1.20. The topological polar surface area (TPSA) is 95.5 Å². The number of benzene rings is 1. The Hall–Kier alpha value is -1.79. The SMILES string of the molecule is O=C(O)CNC(=O)CNC(=O)c1c(Cl)cccc1Cl. The highest BCUT2D eigenvalue weighted by molar-refractivity contribution is 6.39. The average Bonchev–Trinajstić information content (AvgIpc) is 2.33. The number of rotatable bonds is 5. The van der Waals surface area contributed by atoms with E-state index >= 15 is 0 Å². The predicted octanol–water partition coefficient (Wildman–Crippen LogP) is 0.924. The van der Waals surface area contributed by atoms with E-state index in [0.717, 1.165) is 0 Å². The number of carbonyl (C=O) groups excluding carboxylic acids is 2. The Morgan fingerprint density at radius 3 is 2.16 bits per heavy atom. The van der Waals surface area contributed by atoms with Crippen LogP contribution in [0.1, 0.15) is 10.4 Å². The van der Waals surface area contributed by atoms with Gasteiger partial charge in [-0.15, -0.1) is 0 Å². The van der Waals surface area contributed by atoms with Crippen LogP contribution in [0, 0.1) is 0 Å². The van der Waals surface area contributed by atoms with Crippen LogP contribution in [-0.4, -0.2) is 36.0 Å². The summed E-state index contributed by atoms with van der Waals surface area (Å²) in [5.74, 6) is -2.41. The molecular weight excluding hydrogens is 295 g/mol. The Morgan fingerprint density at radius 2 is 1.63 bits per heavy atom. The van der Waals surface area contributed by atoms with Crippen molar-refractivity contribution < 1.29 is 19.5 Å². The van der Waals surface area contributed by atoms with Crippen molar-refractivity contribution >= 4 is 41.0 Å². The molecule has 0 spiro atoms. The minimum Gasteiger partial charge on any atom is -0.480 e. The van der Waals surface area contributed by atoms with E-state index in [4.69, 9.17) is 28.3 Å². The summed E-state index contributed by atoms with van der Waals surface area (Å²) in [5, 5.41) is 13.1. The van der Waals surface area contributed by atoms with Crippen LogP contribution in [-0.2, 0) is 9.59 Å². The molecule has 0 radical (unpaired) electrons. The molecule has 0 fully saturated rings. The highest BCUT2D eigenvalue weighted by atomic mass is 35.5. The summed E-state index contributed by atoms with van der Waals surface area (Å²) in [7, 11) is 0. The summed E-state index contributed by atoms with van der Waals surface area (Å²) < 4.78 is 0. The molecule has 19 heavy (non-hydrogen) atoms. The number of hydrogen-bond acceptors (Lipinski definition) is 3. The van der Waals surface area contributed by atoms with Crippen molar-refractivity contribution in [3.05, 3.63) is 33.8 Å². The Kier molecular flexibility index (Phi) is 5.59. The summed E-state index contributed by atoms with van der Waals surface area (Å²) in [6.07, 6.45) is 0. The van der Waals surface area contributed by atoms with Gasteiger partial charge in [0, 0.05) is 0 Å². The second-order valence-electron chi connectivity index (χ2n) is 3.45. The van der Waals surface area contributed by atoms with Gasteiger partial charge < -0.3 is 15.7 Å². The Labute approximate surface area is 118 Å². The number of nitrogens with one attached hydrogen (secondary N) is 2. The van der Waals surface area contributed by atoms with E-state index in [1.807, 2.05) is 0 Å². The maximum Gasteiger partial charge on any atom is 0.322 e. The van der Waals surface area contributed by atoms with Crippen molar-refractivity contribution in [1.29, 1.82) is 0 Å². The maximum absolute atomic E-state index is 11.8. The van der Waals surface area contributed by atoms with Crippen molar-refractivity contribution in [2.75, 3.05) is 13.1 Å². The maximum atomic E-state index is 11.8. The van der Waals surface area contributed by atoms with E-state index in [0.29, 0.717) is 0 Å². The molecule has 6 nitrogen and oxygen atoms in total. The lowest BCUT2D eigenvalue weighted by Crippen LogP contribution is -2.39. The van der Waals surface area contributed by atoms with Crippen molar-refractivity contribution in [2.24, 2.45) is 0 Å². The molecule has 8 heteroatoms. The normalized spacial score (nSPS) is 9.79. The van der Waals surface area contributed by atoms with E-state index in [1.165, 1.54) is 12.1 Å². The Bertz CT molecular complexity index is 499. The van der Waals surface area contributed by atoms with Crippen LogP contribution in [0.4, 0.5) is 0 Å². The quantitative estimate of drug-likeness (QED) is 0.754. The van der Waals surface area contributed by atoms with Crippen LogP contribution in [0.15, 0.2) is 18.2 Å². The van der Waals surface area contributed by atoms with Crippen LogP contribution in [0.5, 0.6) is 0 Å². The molecule has 0 aromatic heterocycles. The highest BCUT2D eigenvalue weighted by Crippen LogP contribution is 2.23. The second-order valence-corrected chi connectivity index (χ2v) is 4.26. The van der Waals surface area contributed by atoms with Gasteiger partial charge >= 0.3 is 5.97 Å². The van der Waals surface area contributed by atoms with Gasteiger partial charge in [-0.2, -0.15) is 0 Å². The minimum absolute atomic E-state index is 0.0665. The molecular formula is C11H10Cl2N2O4. The van der Waals surface area contributed by atoms with E-state index in [1.54, 1.807) is 6.07 Å². The Morgan fingerprint density at radius 1 is 1.05 bits per heavy atom. The van der Waals surface area contributed by atoms with Gasteiger partial charge in [-0.05, 0) is 12.1 Å². The molecule has 2 amide bonds. The number of carbonyl (C=O) groups is 3. The van der Waals surface area contributed by atoms with Crippen molar-refractivity contribution in [3.8, 4) is 0 Å². The zero-order valence-electron chi connectivity index (χ0n) is 9.57. The third kappa shape index (κ3) is 4.76. The molecule has 0 unspecified atom stereocenters. The minimum atomic E-state index is -1.17. The van der Waals surface area contributed by atoms with Gasteiger partial charge in [0.2, 0.25) is 5.91 Å². The number of aliphatic carboxylic acids is 1. The molecule has 1 rings (SSSR count). The monoisotopic (exact) mass is 304 g/mol. The number of carboxylic acids is 1. The fourth-order valence-corrected chi connectivity index (χ4v) is 1.77. The van der Waals surface area contributed by atoms with Crippen molar-refractivity contribution in [2.45, 2.75) is 0 Å². The first kappa shape index (κ1) is 15.3. The van der Waals surface area contributed by atoms with E-state index in [2.05, 4.69) is 10.6 Å². The molecule has 0 atom stereocenters. The fraction of sp³-hybridized carbons (Fsp3) is 0.182. The van der Waals surface area contributed by atoms with Crippen LogP contribution in [0.25, 0.3) is 0 Å². The predicted molar refractivity (Wildman–Crippen MR) is 69.4 cm³/mol. The molecule has 0 saturated heterocycles. The molecule has 102 valence electrons. The van der Waals surface area contributed by atoms with Crippen LogP contribution in [0.2, 0.25) is 10.0 Å². The van der Waals surface area contributed by atoms with E-state index in [9.17, 15) is 14.4 Å². The Balaban J connectivity index is 2.56. The molecule has 0 heterocycles. The lowest BCUT2D eigenvalue weighted by atomic mass is 10.2. The zero-order chi connectivity index (χ0) is 14.4. The van der Waals surface area contributed by atoms with E-state index < -0.39 is 24.3 Å². The first-order valence-electron chi connectivity index (χ1n) is 5.12. The largest absolute Gasteiger partial charge is 0.480 e. The van der Waals surface area contributed by atoms with Gasteiger partial charge in [0.05, 0.1) is 22.2 Å². The lowest BCUT2D eigenvalue weighted by Gasteiger charge is -2.08. The molecule has 0 bridgehead atoms. The standard InChI is InChI=1S/C11H10Cl2N2O4/c12-6-2-1-3-7(13)10(6)11(19)15-4-8(16)14-5-9(17)18/h1-3H,4-5H2,(H,14,16)(H,15,19)(H,17,18). The smallest absolute Gasteiger partial charge is 0.322 e. The first-order chi connectivity index (χ1) is 8.91. The highest BCUT2D eigenvalue weighted by Gasteiger charge is 2.15. The number of amides is 2. The third-order valence-corrected chi connectivity index (χ3v) is 2.67. The molecule has 0 aliphatic carbocycles. The van der Waals surface area contributed by atoms with Gasteiger partial charge in [0.15, 0.2) is 0 Å². The summed E-state index contributed by atoms with van der Waals surface area (Å²) in [4.78, 5) is 33.2. The van der Waals surface area contributed by atoms with Crippen LogP contribution < -0.4 is 10.6 Å². The van der Waals surface area contributed by atoms with Gasteiger partial charge in [-0.1, -0.05) is 29.3 Å². The lowest BCUT2D eigenvalue weighted by molar-refractivity contribution is -0.137.